The Hall–Kier alpha value is -2.70. The molecule has 118 valence electrons. The fraction of sp³-hybridized carbons (Fsp3) is 0.312. The summed E-state index contributed by atoms with van der Waals surface area (Å²) in [6.07, 6.45) is 4.16. The largest absolute Gasteiger partial charge is 0.347 e. The van der Waals surface area contributed by atoms with Crippen molar-refractivity contribution in [3.63, 3.8) is 0 Å². The van der Waals surface area contributed by atoms with Crippen molar-refractivity contribution in [3.05, 3.63) is 53.0 Å². The number of carbonyl (C=O) groups is 1. The Balaban J connectivity index is 1.58. The van der Waals surface area contributed by atoms with Crippen molar-refractivity contribution >= 4 is 11.6 Å². The summed E-state index contributed by atoms with van der Waals surface area (Å²) in [6, 6.07) is 5.21. The summed E-state index contributed by atoms with van der Waals surface area (Å²) >= 11 is 0. The lowest BCUT2D eigenvalue weighted by molar-refractivity contribution is 0.0924. The molecular formula is C16H16FN5O. The Morgan fingerprint density at radius 1 is 1.48 bits per heavy atom. The number of H-pyrrole nitrogens is 1. The van der Waals surface area contributed by atoms with Crippen LogP contribution in [0, 0.1) is 12.9 Å². The van der Waals surface area contributed by atoms with E-state index in [2.05, 4.69) is 20.5 Å². The van der Waals surface area contributed by atoms with Gasteiger partial charge in [0.05, 0.1) is 6.20 Å². The van der Waals surface area contributed by atoms with Crippen LogP contribution in [0.25, 0.3) is 5.65 Å². The number of nitrogens with one attached hydrogen (secondary N) is 2. The zero-order chi connectivity index (χ0) is 16.0. The fourth-order valence-electron chi connectivity index (χ4n) is 3.14. The molecule has 23 heavy (non-hydrogen) atoms. The quantitative estimate of drug-likeness (QED) is 0.757. The first-order valence-corrected chi connectivity index (χ1v) is 7.59. The first-order valence-electron chi connectivity index (χ1n) is 7.59. The van der Waals surface area contributed by atoms with Gasteiger partial charge in [0, 0.05) is 23.9 Å². The Kier molecular flexibility index (Phi) is 3.14. The van der Waals surface area contributed by atoms with Crippen LogP contribution in [0.4, 0.5) is 4.39 Å². The van der Waals surface area contributed by atoms with Crippen LogP contribution in [0.3, 0.4) is 0 Å². The number of aryl methyl sites for hydroxylation is 2. The molecule has 0 unspecified atom stereocenters. The van der Waals surface area contributed by atoms with Gasteiger partial charge in [-0.05, 0) is 37.5 Å². The number of pyridine rings is 1. The van der Waals surface area contributed by atoms with Gasteiger partial charge < -0.3 is 5.32 Å². The number of amides is 1. The third-order valence-corrected chi connectivity index (χ3v) is 4.35. The van der Waals surface area contributed by atoms with Crippen LogP contribution in [0.2, 0.25) is 0 Å². The summed E-state index contributed by atoms with van der Waals surface area (Å²) < 4.78 is 15.9. The standard InChI is InChI=1S/C16H16FN5O/c1-9-3-2-4-13-20-14(15(17)22(9)13)16(23)19-11-6-5-10-8-18-21-12(10)7-11/h2-4,8,11H,5-7H2,1H3,(H,18,21)(H,19,23)/t11-/m1/s1. The minimum Gasteiger partial charge on any atom is -0.347 e. The number of aromatic amines is 1. The van der Waals surface area contributed by atoms with Crippen LogP contribution in [-0.2, 0) is 12.8 Å². The smallest absolute Gasteiger partial charge is 0.274 e. The zero-order valence-corrected chi connectivity index (χ0v) is 12.6. The van der Waals surface area contributed by atoms with Crippen molar-refractivity contribution in [3.8, 4) is 0 Å². The third-order valence-electron chi connectivity index (χ3n) is 4.35. The maximum absolute atomic E-state index is 14.5. The molecule has 0 fully saturated rings. The third kappa shape index (κ3) is 2.28. The maximum atomic E-state index is 14.5. The monoisotopic (exact) mass is 313 g/mol. The summed E-state index contributed by atoms with van der Waals surface area (Å²) in [6.45, 7) is 1.78. The van der Waals surface area contributed by atoms with Crippen molar-refractivity contribution in [1.82, 2.24) is 24.9 Å². The lowest BCUT2D eigenvalue weighted by atomic mass is 9.94. The van der Waals surface area contributed by atoms with Crippen molar-refractivity contribution in [2.24, 2.45) is 0 Å². The highest BCUT2D eigenvalue weighted by Crippen LogP contribution is 2.20. The molecule has 0 aliphatic heterocycles. The second kappa shape index (κ2) is 5.19. The van der Waals surface area contributed by atoms with Gasteiger partial charge >= 0.3 is 0 Å². The second-order valence-corrected chi connectivity index (χ2v) is 5.90. The average molecular weight is 313 g/mol. The molecule has 0 bridgehead atoms. The molecule has 0 saturated heterocycles. The van der Waals surface area contributed by atoms with Crippen molar-refractivity contribution in [1.29, 1.82) is 0 Å². The van der Waals surface area contributed by atoms with Gasteiger partial charge in [-0.25, -0.2) is 4.98 Å². The molecule has 6 nitrogen and oxygen atoms in total. The number of carbonyl (C=O) groups excluding carboxylic acids is 1. The molecule has 2 N–H and O–H groups in total. The van der Waals surface area contributed by atoms with Crippen LogP contribution < -0.4 is 5.32 Å². The predicted molar refractivity (Wildman–Crippen MR) is 81.8 cm³/mol. The molecule has 3 aromatic rings. The van der Waals surface area contributed by atoms with E-state index in [1.165, 1.54) is 9.96 Å². The van der Waals surface area contributed by atoms with E-state index in [4.69, 9.17) is 0 Å². The van der Waals surface area contributed by atoms with Crippen LogP contribution in [0.1, 0.15) is 33.9 Å². The Morgan fingerprint density at radius 2 is 2.35 bits per heavy atom. The molecule has 1 aliphatic carbocycles. The number of halogens is 1. The molecule has 0 radical (unpaired) electrons. The van der Waals surface area contributed by atoms with Gasteiger partial charge in [-0.1, -0.05) is 6.07 Å². The maximum Gasteiger partial charge on any atom is 0.274 e. The average Bonchev–Trinajstić information content (AvgIpc) is 3.12. The van der Waals surface area contributed by atoms with Crippen molar-refractivity contribution in [2.75, 3.05) is 0 Å². The van der Waals surface area contributed by atoms with Gasteiger partial charge in [0.15, 0.2) is 5.69 Å². The van der Waals surface area contributed by atoms with E-state index in [-0.39, 0.29) is 11.7 Å². The topological polar surface area (TPSA) is 75.1 Å². The molecular weight excluding hydrogens is 297 g/mol. The number of aromatic nitrogens is 4. The summed E-state index contributed by atoms with van der Waals surface area (Å²) in [5, 5.41) is 9.85. The molecule has 3 aromatic heterocycles. The van der Waals surface area contributed by atoms with Crippen LogP contribution in [-0.4, -0.2) is 31.5 Å². The molecule has 4 rings (SSSR count). The minimum atomic E-state index is -0.617. The molecule has 1 amide bonds. The van der Waals surface area contributed by atoms with Gasteiger partial charge in [-0.3, -0.25) is 14.3 Å². The lowest BCUT2D eigenvalue weighted by Gasteiger charge is -2.22. The number of nitrogens with zero attached hydrogens (tertiary/aromatic N) is 3. The summed E-state index contributed by atoms with van der Waals surface area (Å²) in [5.74, 6) is -1.09. The van der Waals surface area contributed by atoms with E-state index in [0.29, 0.717) is 17.8 Å². The Bertz CT molecular complexity index is 897. The van der Waals surface area contributed by atoms with E-state index in [1.807, 2.05) is 6.20 Å². The molecule has 1 aliphatic rings. The van der Waals surface area contributed by atoms with E-state index in [0.717, 1.165) is 18.5 Å². The highest BCUT2D eigenvalue weighted by Gasteiger charge is 2.25. The van der Waals surface area contributed by atoms with E-state index in [1.54, 1.807) is 25.1 Å². The Morgan fingerprint density at radius 3 is 3.17 bits per heavy atom. The summed E-state index contributed by atoms with van der Waals surface area (Å²) in [4.78, 5) is 16.5. The highest BCUT2D eigenvalue weighted by atomic mass is 19.1. The summed E-state index contributed by atoms with van der Waals surface area (Å²) in [5.41, 5.74) is 3.20. The molecule has 0 spiro atoms. The number of rotatable bonds is 2. The molecule has 7 heteroatoms. The number of hydrogen-bond acceptors (Lipinski definition) is 3. The summed E-state index contributed by atoms with van der Waals surface area (Å²) in [7, 11) is 0. The number of imidazole rings is 1. The minimum absolute atomic E-state index is 0.0410. The predicted octanol–water partition coefficient (Wildman–Crippen LogP) is 1.79. The number of hydrogen-bond donors (Lipinski definition) is 2. The van der Waals surface area contributed by atoms with Gasteiger partial charge in [0.1, 0.15) is 5.65 Å². The number of fused-ring (bicyclic) bond motifs is 2. The Labute approximate surface area is 131 Å². The van der Waals surface area contributed by atoms with Gasteiger partial charge in [-0.2, -0.15) is 9.49 Å². The first-order chi connectivity index (χ1) is 11.1. The fourth-order valence-corrected chi connectivity index (χ4v) is 3.14. The molecule has 1 atom stereocenters. The van der Waals surface area contributed by atoms with Crippen molar-refractivity contribution < 1.29 is 9.18 Å². The van der Waals surface area contributed by atoms with E-state index >= 15 is 0 Å². The second-order valence-electron chi connectivity index (χ2n) is 5.90. The molecule has 3 heterocycles. The normalized spacial score (nSPS) is 17.2. The van der Waals surface area contributed by atoms with Gasteiger partial charge in [-0.15, -0.1) is 0 Å². The SMILES string of the molecule is Cc1cccc2nc(C(=O)N[C@@H]3CCc4cn[nH]c4C3)c(F)n12. The first kappa shape index (κ1) is 13.9. The van der Waals surface area contributed by atoms with E-state index < -0.39 is 11.9 Å². The highest BCUT2D eigenvalue weighted by molar-refractivity contribution is 5.93. The van der Waals surface area contributed by atoms with Crippen molar-refractivity contribution in [2.45, 2.75) is 32.2 Å². The molecule has 0 aromatic carbocycles. The van der Waals surface area contributed by atoms with Crippen LogP contribution >= 0.6 is 0 Å². The lowest BCUT2D eigenvalue weighted by Crippen LogP contribution is -2.39. The van der Waals surface area contributed by atoms with Crippen LogP contribution in [0.5, 0.6) is 0 Å². The van der Waals surface area contributed by atoms with Crippen LogP contribution in [0.15, 0.2) is 24.4 Å². The van der Waals surface area contributed by atoms with E-state index in [9.17, 15) is 9.18 Å². The zero-order valence-electron chi connectivity index (χ0n) is 12.6. The van der Waals surface area contributed by atoms with Gasteiger partial charge in [0.25, 0.3) is 5.91 Å². The molecule has 0 saturated carbocycles. The van der Waals surface area contributed by atoms with Gasteiger partial charge in [0.2, 0.25) is 5.95 Å².